The van der Waals surface area contributed by atoms with E-state index in [2.05, 4.69) is 155 Å². The molecule has 0 N–H and O–H groups in total. The first kappa shape index (κ1) is 35.5. The van der Waals surface area contributed by atoms with E-state index >= 15 is 0 Å². The fourth-order valence-electron chi connectivity index (χ4n) is 8.98. The van der Waals surface area contributed by atoms with Gasteiger partial charge in [-0.1, -0.05) is 146 Å². The number of para-hydroxylation sites is 3. The summed E-state index contributed by atoms with van der Waals surface area (Å²) in [6.07, 6.45) is 1.84. The SMILES string of the molecule is c1ccc(-c2nc(-c3ccccc3)nc(-c3ccnc(-c4ccc5c(c4)c4ccccc4n5-c4ccc(-c5cccc6c5c5ccccc5n6-c5ccccc5)cc4)c3)n2)cc1. The molecule has 0 aliphatic rings. The second-order valence-electron chi connectivity index (χ2n) is 15.5. The monoisotopic (exact) mass is 792 g/mol. The van der Waals surface area contributed by atoms with Gasteiger partial charge in [-0.15, -0.1) is 0 Å². The summed E-state index contributed by atoms with van der Waals surface area (Å²) in [6.45, 7) is 0. The lowest BCUT2D eigenvalue weighted by atomic mass is 9.99. The molecular formula is C56H36N6. The van der Waals surface area contributed by atoms with Gasteiger partial charge in [-0.25, -0.2) is 15.0 Å². The summed E-state index contributed by atoms with van der Waals surface area (Å²) in [7, 11) is 0. The third-order valence-electron chi connectivity index (χ3n) is 11.8. The summed E-state index contributed by atoms with van der Waals surface area (Å²) >= 11 is 0. The first-order valence-electron chi connectivity index (χ1n) is 20.8. The van der Waals surface area contributed by atoms with Gasteiger partial charge in [0.05, 0.1) is 27.8 Å². The Bertz CT molecular complexity index is 3550. The summed E-state index contributed by atoms with van der Waals surface area (Å²) < 4.78 is 4.74. The van der Waals surface area contributed by atoms with Crippen molar-refractivity contribution in [1.82, 2.24) is 29.1 Å². The molecule has 0 spiro atoms. The summed E-state index contributed by atoms with van der Waals surface area (Å²) in [5.41, 5.74) is 13.9. The van der Waals surface area contributed by atoms with Gasteiger partial charge in [0, 0.05) is 61.4 Å². The molecule has 0 bridgehead atoms. The van der Waals surface area contributed by atoms with Crippen molar-refractivity contribution < 1.29 is 0 Å². The standard InChI is InChI=1S/C56H36N6/c1-4-15-38(16-5-1)54-58-55(39-17-6-2-7-18-39)60-56(59-54)41-33-34-57-48(36-41)40-29-32-51-47(35-40)45-21-10-12-24-49(45)61(51)43-30-27-37(28-31-43)44-23-14-26-52-53(44)46-22-11-13-25-50(46)62(52)42-19-8-3-9-20-42/h1-36H. The Balaban J connectivity index is 0.939. The summed E-state index contributed by atoms with van der Waals surface area (Å²) in [6, 6.07) is 74.5. The molecule has 4 heterocycles. The van der Waals surface area contributed by atoms with Crippen LogP contribution < -0.4 is 0 Å². The third kappa shape index (κ3) is 5.96. The van der Waals surface area contributed by atoms with Crippen molar-refractivity contribution in [3.63, 3.8) is 0 Å². The molecule has 0 aliphatic carbocycles. The molecule has 0 saturated heterocycles. The Hall–Kier alpha value is -8.48. The van der Waals surface area contributed by atoms with Crippen LogP contribution in [0.1, 0.15) is 0 Å². The molecule has 62 heavy (non-hydrogen) atoms. The van der Waals surface area contributed by atoms with Crippen LogP contribution in [0, 0.1) is 0 Å². The van der Waals surface area contributed by atoms with E-state index in [0.29, 0.717) is 17.5 Å². The molecular weight excluding hydrogens is 757 g/mol. The first-order valence-corrected chi connectivity index (χ1v) is 20.8. The largest absolute Gasteiger partial charge is 0.309 e. The molecule has 0 radical (unpaired) electrons. The summed E-state index contributed by atoms with van der Waals surface area (Å²) in [5, 5.41) is 4.84. The number of rotatable bonds is 7. The molecule has 12 rings (SSSR count). The summed E-state index contributed by atoms with van der Waals surface area (Å²) in [5.74, 6) is 1.85. The zero-order valence-corrected chi connectivity index (χ0v) is 33.5. The number of benzene rings is 8. The number of fused-ring (bicyclic) bond motifs is 6. The maximum atomic E-state index is 4.97. The predicted molar refractivity (Wildman–Crippen MR) is 253 cm³/mol. The van der Waals surface area contributed by atoms with Crippen LogP contribution in [0.2, 0.25) is 0 Å². The van der Waals surface area contributed by atoms with Gasteiger partial charge in [0.15, 0.2) is 17.5 Å². The quantitative estimate of drug-likeness (QED) is 0.161. The van der Waals surface area contributed by atoms with Crippen LogP contribution in [-0.4, -0.2) is 29.1 Å². The number of aromatic nitrogens is 6. The zero-order valence-electron chi connectivity index (χ0n) is 33.5. The molecule has 4 aromatic heterocycles. The van der Waals surface area contributed by atoms with Crippen molar-refractivity contribution in [2.45, 2.75) is 0 Å². The Kier molecular flexibility index (Phi) is 8.38. The minimum Gasteiger partial charge on any atom is -0.309 e. The molecule has 290 valence electrons. The number of hydrogen-bond acceptors (Lipinski definition) is 4. The van der Waals surface area contributed by atoms with Gasteiger partial charge < -0.3 is 9.13 Å². The second kappa shape index (κ2) is 14.7. The molecule has 0 saturated carbocycles. The smallest absolute Gasteiger partial charge is 0.164 e. The number of nitrogens with zero attached hydrogens (tertiary/aromatic N) is 6. The molecule has 6 nitrogen and oxygen atoms in total. The molecule has 6 heteroatoms. The maximum absolute atomic E-state index is 4.97. The fraction of sp³-hybridized carbons (Fsp3) is 0. The number of pyridine rings is 1. The van der Waals surface area contributed by atoms with Crippen molar-refractivity contribution >= 4 is 43.6 Å². The second-order valence-corrected chi connectivity index (χ2v) is 15.5. The lowest BCUT2D eigenvalue weighted by Gasteiger charge is -2.11. The number of hydrogen-bond donors (Lipinski definition) is 0. The van der Waals surface area contributed by atoms with Crippen molar-refractivity contribution in [2.75, 3.05) is 0 Å². The lowest BCUT2D eigenvalue weighted by molar-refractivity contribution is 1.07. The Morgan fingerprint density at radius 2 is 0.823 bits per heavy atom. The van der Waals surface area contributed by atoms with Gasteiger partial charge in [-0.3, -0.25) is 4.98 Å². The lowest BCUT2D eigenvalue weighted by Crippen LogP contribution is -2.00. The van der Waals surface area contributed by atoms with Crippen molar-refractivity contribution in [3.05, 3.63) is 219 Å². The van der Waals surface area contributed by atoms with Crippen LogP contribution in [0.3, 0.4) is 0 Å². The van der Waals surface area contributed by atoms with Crippen LogP contribution in [0.15, 0.2) is 219 Å². The Morgan fingerprint density at radius 3 is 1.52 bits per heavy atom. The van der Waals surface area contributed by atoms with E-state index < -0.39 is 0 Å². The van der Waals surface area contributed by atoms with Gasteiger partial charge in [-0.05, 0) is 77.9 Å². The van der Waals surface area contributed by atoms with Crippen LogP contribution >= 0.6 is 0 Å². The third-order valence-corrected chi connectivity index (χ3v) is 11.8. The van der Waals surface area contributed by atoms with Gasteiger partial charge in [0.25, 0.3) is 0 Å². The topological polar surface area (TPSA) is 61.4 Å². The zero-order chi connectivity index (χ0) is 41.0. The highest BCUT2D eigenvalue weighted by Crippen LogP contribution is 2.40. The molecule has 0 fully saturated rings. The van der Waals surface area contributed by atoms with E-state index in [9.17, 15) is 0 Å². The average molecular weight is 793 g/mol. The maximum Gasteiger partial charge on any atom is 0.164 e. The van der Waals surface area contributed by atoms with Gasteiger partial charge >= 0.3 is 0 Å². The molecule has 8 aromatic carbocycles. The van der Waals surface area contributed by atoms with Crippen molar-refractivity contribution in [3.8, 4) is 67.9 Å². The molecule has 12 aromatic rings. The molecule has 0 unspecified atom stereocenters. The van der Waals surface area contributed by atoms with Crippen molar-refractivity contribution in [1.29, 1.82) is 0 Å². The van der Waals surface area contributed by atoms with E-state index in [1.807, 2.05) is 72.9 Å². The average Bonchev–Trinajstić information content (AvgIpc) is 3.87. The van der Waals surface area contributed by atoms with Gasteiger partial charge in [0.2, 0.25) is 0 Å². The highest BCUT2D eigenvalue weighted by molar-refractivity contribution is 6.16. The van der Waals surface area contributed by atoms with Crippen LogP contribution in [0.25, 0.3) is 112 Å². The first-order chi connectivity index (χ1) is 30.7. The Morgan fingerprint density at radius 1 is 0.306 bits per heavy atom. The molecule has 0 aliphatic heterocycles. The minimum atomic E-state index is 0.598. The molecule has 0 atom stereocenters. The van der Waals surface area contributed by atoms with Crippen molar-refractivity contribution in [2.24, 2.45) is 0 Å². The van der Waals surface area contributed by atoms with Crippen LogP contribution in [0.4, 0.5) is 0 Å². The van der Waals surface area contributed by atoms with Gasteiger partial charge in [-0.2, -0.15) is 0 Å². The van der Waals surface area contributed by atoms with E-state index in [0.717, 1.165) is 55.7 Å². The Labute approximate surface area is 357 Å². The van der Waals surface area contributed by atoms with E-state index in [4.69, 9.17) is 19.9 Å². The van der Waals surface area contributed by atoms with E-state index in [1.165, 1.54) is 38.3 Å². The van der Waals surface area contributed by atoms with Crippen LogP contribution in [-0.2, 0) is 0 Å². The van der Waals surface area contributed by atoms with Gasteiger partial charge in [0.1, 0.15) is 0 Å². The summed E-state index contributed by atoms with van der Waals surface area (Å²) in [4.78, 5) is 19.7. The highest BCUT2D eigenvalue weighted by Gasteiger charge is 2.18. The van der Waals surface area contributed by atoms with Crippen LogP contribution in [0.5, 0.6) is 0 Å². The van der Waals surface area contributed by atoms with E-state index in [-0.39, 0.29) is 0 Å². The molecule has 0 amide bonds. The highest BCUT2D eigenvalue weighted by atomic mass is 15.0. The normalized spacial score (nSPS) is 11.5. The minimum absolute atomic E-state index is 0.598. The fourth-order valence-corrected chi connectivity index (χ4v) is 8.98. The predicted octanol–water partition coefficient (Wildman–Crippen LogP) is 13.8. The van der Waals surface area contributed by atoms with E-state index in [1.54, 1.807) is 0 Å².